The van der Waals surface area contributed by atoms with Crippen LogP contribution in [0.3, 0.4) is 0 Å². The predicted molar refractivity (Wildman–Crippen MR) is 149 cm³/mol. The minimum absolute atomic E-state index is 0.00333. The fourth-order valence-corrected chi connectivity index (χ4v) is 4.65. The van der Waals surface area contributed by atoms with Crippen molar-refractivity contribution in [3.05, 3.63) is 83.9 Å². The van der Waals surface area contributed by atoms with Gasteiger partial charge in [-0.25, -0.2) is 0 Å². The number of hydrogen-bond donors (Lipinski definition) is 2. The summed E-state index contributed by atoms with van der Waals surface area (Å²) < 4.78 is 10.9. The number of rotatable bonds is 9. The van der Waals surface area contributed by atoms with Gasteiger partial charge in [-0.05, 0) is 53.9 Å². The summed E-state index contributed by atoms with van der Waals surface area (Å²) in [7, 11) is 4.67. The van der Waals surface area contributed by atoms with Crippen LogP contribution < -0.4 is 15.4 Å². The second-order valence-electron chi connectivity index (χ2n) is 9.65. The number of nitrogen functional groups attached to an aromatic ring is 1. The van der Waals surface area contributed by atoms with Crippen LogP contribution in [-0.2, 0) is 14.3 Å². The molecular formula is C30H32N4O5. The number of nitrogens with one attached hydrogen (secondary N) is 1. The minimum atomic E-state index is -0.519. The quantitative estimate of drug-likeness (QED) is 0.248. The third-order valence-corrected chi connectivity index (χ3v) is 6.77. The number of esters is 1. The average molecular weight is 529 g/mol. The van der Waals surface area contributed by atoms with E-state index in [4.69, 9.17) is 20.6 Å². The van der Waals surface area contributed by atoms with E-state index in [0.29, 0.717) is 29.0 Å². The number of ether oxygens (including phenoxy) is 2. The van der Waals surface area contributed by atoms with Gasteiger partial charge in [0.2, 0.25) is 5.91 Å². The number of methoxy groups -OCH3 is 1. The van der Waals surface area contributed by atoms with E-state index in [9.17, 15) is 14.4 Å². The Balaban J connectivity index is 1.49. The van der Waals surface area contributed by atoms with Gasteiger partial charge in [-0.2, -0.15) is 0 Å². The number of amidine groups is 1. The Labute approximate surface area is 227 Å². The molecule has 3 N–H and O–H groups in total. The smallest absolute Gasteiger partial charge is 0.306 e. The summed E-state index contributed by atoms with van der Waals surface area (Å²) in [5, 5.41) is 7.53. The second kappa shape index (κ2) is 11.8. The fourth-order valence-electron chi connectivity index (χ4n) is 4.65. The molecule has 9 heteroatoms. The van der Waals surface area contributed by atoms with E-state index in [1.54, 1.807) is 43.3 Å². The molecule has 1 saturated heterocycles. The highest BCUT2D eigenvalue weighted by molar-refractivity contribution is 6.00. The first kappa shape index (κ1) is 27.4. The first-order chi connectivity index (χ1) is 18.7. The average Bonchev–Trinajstić information content (AvgIpc) is 3.26. The van der Waals surface area contributed by atoms with Crippen LogP contribution in [0.25, 0.3) is 11.1 Å². The molecule has 2 amide bonds. The Kier molecular flexibility index (Phi) is 8.29. The van der Waals surface area contributed by atoms with Gasteiger partial charge in [0.1, 0.15) is 18.2 Å². The zero-order valence-electron chi connectivity index (χ0n) is 22.2. The van der Waals surface area contributed by atoms with Gasteiger partial charge in [0.15, 0.2) is 0 Å². The van der Waals surface area contributed by atoms with Crippen molar-refractivity contribution in [3.63, 3.8) is 0 Å². The summed E-state index contributed by atoms with van der Waals surface area (Å²) in [5.74, 6) is -0.587. The van der Waals surface area contributed by atoms with Crippen LogP contribution in [0.15, 0.2) is 72.8 Å². The molecule has 1 aliphatic rings. The van der Waals surface area contributed by atoms with Crippen LogP contribution in [0.2, 0.25) is 0 Å². The van der Waals surface area contributed by atoms with Crippen LogP contribution in [0, 0.1) is 11.3 Å². The highest BCUT2D eigenvalue weighted by Crippen LogP contribution is 2.33. The van der Waals surface area contributed by atoms with Gasteiger partial charge in [0.05, 0.1) is 25.5 Å². The molecule has 3 aromatic carbocycles. The molecule has 39 heavy (non-hydrogen) atoms. The molecular weight excluding hydrogens is 496 g/mol. The van der Waals surface area contributed by atoms with Gasteiger partial charge in [-0.3, -0.25) is 19.8 Å². The molecule has 9 nitrogen and oxygen atoms in total. The molecule has 2 atom stereocenters. The van der Waals surface area contributed by atoms with Crippen molar-refractivity contribution < 1.29 is 23.9 Å². The van der Waals surface area contributed by atoms with Crippen LogP contribution in [0.1, 0.15) is 28.8 Å². The SMILES string of the molecule is COC(=O)C[C@@H]1C[C@@H](COc2ccc(-c3ccc(C(=N)N)cc3)cc2)N(c2ccc(C(=O)N(C)C)cc2)C1=O. The molecule has 0 spiro atoms. The maximum Gasteiger partial charge on any atom is 0.306 e. The molecule has 1 heterocycles. The fraction of sp³-hybridized carbons (Fsp3) is 0.267. The molecule has 0 bridgehead atoms. The Morgan fingerprint density at radius 2 is 1.51 bits per heavy atom. The topological polar surface area (TPSA) is 126 Å². The van der Waals surface area contributed by atoms with E-state index in [1.807, 2.05) is 48.5 Å². The molecule has 0 aromatic heterocycles. The second-order valence-corrected chi connectivity index (χ2v) is 9.65. The molecule has 1 aliphatic heterocycles. The third kappa shape index (κ3) is 6.26. The zero-order chi connectivity index (χ0) is 28.1. The van der Waals surface area contributed by atoms with Crippen molar-refractivity contribution in [1.29, 1.82) is 5.41 Å². The van der Waals surface area contributed by atoms with E-state index in [0.717, 1.165) is 11.1 Å². The van der Waals surface area contributed by atoms with Crippen molar-refractivity contribution in [2.45, 2.75) is 18.9 Å². The normalized spacial score (nSPS) is 16.6. The van der Waals surface area contributed by atoms with E-state index < -0.39 is 11.9 Å². The van der Waals surface area contributed by atoms with Crippen molar-refractivity contribution in [2.24, 2.45) is 11.7 Å². The Morgan fingerprint density at radius 3 is 2.05 bits per heavy atom. The Bertz CT molecular complexity index is 1350. The molecule has 202 valence electrons. The van der Waals surface area contributed by atoms with Gasteiger partial charge in [-0.1, -0.05) is 36.4 Å². The first-order valence-corrected chi connectivity index (χ1v) is 12.6. The van der Waals surface area contributed by atoms with Crippen molar-refractivity contribution in [1.82, 2.24) is 4.90 Å². The van der Waals surface area contributed by atoms with Crippen LogP contribution >= 0.6 is 0 Å². The number of nitrogens with two attached hydrogens (primary N) is 1. The number of amides is 2. The van der Waals surface area contributed by atoms with E-state index in [1.165, 1.54) is 12.0 Å². The van der Waals surface area contributed by atoms with Crippen molar-refractivity contribution in [2.75, 3.05) is 32.7 Å². The van der Waals surface area contributed by atoms with Gasteiger partial charge < -0.3 is 25.0 Å². The van der Waals surface area contributed by atoms with Crippen LogP contribution in [-0.4, -0.2) is 62.4 Å². The van der Waals surface area contributed by atoms with E-state index in [2.05, 4.69) is 0 Å². The first-order valence-electron chi connectivity index (χ1n) is 12.6. The van der Waals surface area contributed by atoms with Gasteiger partial charge in [0, 0.05) is 30.9 Å². The number of anilines is 1. The molecule has 1 fully saturated rings. The number of carbonyl (C=O) groups excluding carboxylic acids is 3. The third-order valence-electron chi connectivity index (χ3n) is 6.77. The largest absolute Gasteiger partial charge is 0.491 e. The summed E-state index contributed by atoms with van der Waals surface area (Å²) in [6, 6.07) is 21.6. The zero-order valence-corrected chi connectivity index (χ0v) is 22.2. The monoisotopic (exact) mass is 528 g/mol. The van der Waals surface area contributed by atoms with E-state index >= 15 is 0 Å². The lowest BCUT2D eigenvalue weighted by atomic mass is 10.0. The summed E-state index contributed by atoms with van der Waals surface area (Å²) >= 11 is 0. The summed E-state index contributed by atoms with van der Waals surface area (Å²) in [6.45, 7) is 0.231. The van der Waals surface area contributed by atoms with Gasteiger partial charge >= 0.3 is 5.97 Å². The van der Waals surface area contributed by atoms with Crippen molar-refractivity contribution >= 4 is 29.3 Å². The summed E-state index contributed by atoms with van der Waals surface area (Å²) in [5.41, 5.74) is 9.33. The Morgan fingerprint density at radius 1 is 0.949 bits per heavy atom. The maximum atomic E-state index is 13.3. The lowest BCUT2D eigenvalue weighted by Gasteiger charge is -2.25. The number of benzene rings is 3. The molecule has 0 aliphatic carbocycles. The molecule has 0 unspecified atom stereocenters. The van der Waals surface area contributed by atoms with Gasteiger partial charge in [-0.15, -0.1) is 0 Å². The van der Waals surface area contributed by atoms with Gasteiger partial charge in [0.25, 0.3) is 5.91 Å². The van der Waals surface area contributed by atoms with E-state index in [-0.39, 0.29) is 36.7 Å². The molecule has 3 aromatic rings. The molecule has 0 radical (unpaired) electrons. The number of nitrogens with zero attached hydrogens (tertiary/aromatic N) is 2. The Hall–Kier alpha value is -4.66. The molecule has 0 saturated carbocycles. The van der Waals surface area contributed by atoms with Crippen LogP contribution in [0.4, 0.5) is 5.69 Å². The molecule has 4 rings (SSSR count). The predicted octanol–water partition coefficient (Wildman–Crippen LogP) is 3.70. The maximum absolute atomic E-state index is 13.3. The van der Waals surface area contributed by atoms with Crippen LogP contribution in [0.5, 0.6) is 5.75 Å². The highest BCUT2D eigenvalue weighted by atomic mass is 16.5. The minimum Gasteiger partial charge on any atom is -0.491 e. The lowest BCUT2D eigenvalue weighted by Crippen LogP contribution is -2.37. The number of hydrogen-bond acceptors (Lipinski definition) is 6. The standard InChI is InChI=1S/C30H32N4O5/c1-33(2)29(36)22-8-12-24(13-9-22)34-25(16-23(30(34)37)17-27(35)38-3)18-39-26-14-10-20(11-15-26)19-4-6-21(7-5-19)28(31)32/h4-15,23,25H,16-18H2,1-3H3,(H3,31,32)/t23-,25-/m0/s1. The number of carbonyl (C=O) groups is 3. The summed E-state index contributed by atoms with van der Waals surface area (Å²) in [6.07, 6.45) is 0.434. The highest BCUT2D eigenvalue weighted by Gasteiger charge is 2.41. The van der Waals surface area contributed by atoms with Crippen molar-refractivity contribution in [3.8, 4) is 16.9 Å². The summed E-state index contributed by atoms with van der Waals surface area (Å²) in [4.78, 5) is 40.7. The lowest BCUT2D eigenvalue weighted by molar-refractivity contribution is -0.143.